The van der Waals surface area contributed by atoms with E-state index in [1.54, 1.807) is 12.3 Å². The molecule has 0 amide bonds. The van der Waals surface area contributed by atoms with Crippen LogP contribution in [-0.4, -0.2) is 15.0 Å². The highest BCUT2D eigenvalue weighted by atomic mass is 19.1. The number of hydrogen-bond acceptors (Lipinski definition) is 3. The van der Waals surface area contributed by atoms with Crippen LogP contribution in [0.2, 0.25) is 0 Å². The van der Waals surface area contributed by atoms with Crippen LogP contribution in [0.1, 0.15) is 0 Å². The summed E-state index contributed by atoms with van der Waals surface area (Å²) in [7, 11) is 0. The minimum Gasteiger partial charge on any atom is -0.383 e. The lowest BCUT2D eigenvalue weighted by Gasteiger charge is -1.92. The maximum absolute atomic E-state index is 12.5. The zero-order valence-corrected chi connectivity index (χ0v) is 5.50. The van der Waals surface area contributed by atoms with Gasteiger partial charge in [-0.1, -0.05) is 0 Å². The molecule has 0 aromatic carbocycles. The molecule has 0 fully saturated rings. The zero-order chi connectivity index (χ0) is 7.84. The quantitative estimate of drug-likeness (QED) is 0.545. The number of nitrogens with one attached hydrogen (secondary N) is 1. The SMILES string of the molecule is Nc1nc(F)nc2[nH]ccc12. The summed E-state index contributed by atoms with van der Waals surface area (Å²) in [5, 5.41) is 0.645. The Hall–Kier alpha value is -1.65. The highest BCUT2D eigenvalue weighted by molar-refractivity contribution is 5.85. The van der Waals surface area contributed by atoms with Crippen LogP contribution in [0.15, 0.2) is 12.3 Å². The molecule has 2 rings (SSSR count). The fourth-order valence-corrected chi connectivity index (χ4v) is 0.937. The van der Waals surface area contributed by atoms with Gasteiger partial charge in [0.25, 0.3) is 0 Å². The third-order valence-corrected chi connectivity index (χ3v) is 1.42. The molecular formula is C6H5FN4. The smallest absolute Gasteiger partial charge is 0.312 e. The first-order valence-electron chi connectivity index (χ1n) is 3.03. The summed E-state index contributed by atoms with van der Waals surface area (Å²) in [5.41, 5.74) is 5.82. The molecule has 2 aromatic rings. The summed E-state index contributed by atoms with van der Waals surface area (Å²) in [5.74, 6) is 0.161. The molecule has 0 bridgehead atoms. The molecule has 0 aliphatic rings. The molecule has 3 N–H and O–H groups in total. The van der Waals surface area contributed by atoms with Gasteiger partial charge in [-0.2, -0.15) is 14.4 Å². The molecule has 0 spiro atoms. The number of rotatable bonds is 0. The summed E-state index contributed by atoms with van der Waals surface area (Å²) >= 11 is 0. The molecule has 0 atom stereocenters. The monoisotopic (exact) mass is 152 g/mol. The molecule has 11 heavy (non-hydrogen) atoms. The molecule has 5 heteroatoms. The third kappa shape index (κ3) is 0.813. The molecule has 0 aliphatic heterocycles. The molecule has 4 nitrogen and oxygen atoms in total. The molecule has 0 radical (unpaired) electrons. The van der Waals surface area contributed by atoms with Crippen molar-refractivity contribution in [3.05, 3.63) is 18.3 Å². The Morgan fingerprint density at radius 1 is 1.45 bits per heavy atom. The van der Waals surface area contributed by atoms with E-state index in [-0.39, 0.29) is 5.82 Å². The number of hydrogen-bond donors (Lipinski definition) is 2. The normalized spacial score (nSPS) is 10.6. The first kappa shape index (κ1) is 6.09. The standard InChI is InChI=1S/C6H5FN4/c7-6-10-4(8)3-1-2-9-5(3)11-6/h1-2H,(H3,8,9,10,11). The molecule has 0 aliphatic carbocycles. The number of nitrogens with zero attached hydrogens (tertiary/aromatic N) is 2. The van der Waals surface area contributed by atoms with E-state index in [9.17, 15) is 4.39 Å². The van der Waals surface area contributed by atoms with Gasteiger partial charge in [0.05, 0.1) is 5.39 Å². The molecule has 56 valence electrons. The summed E-state index contributed by atoms with van der Waals surface area (Å²) in [6.45, 7) is 0. The van der Waals surface area contributed by atoms with E-state index in [0.29, 0.717) is 11.0 Å². The van der Waals surface area contributed by atoms with E-state index in [1.165, 1.54) is 0 Å². The van der Waals surface area contributed by atoms with Gasteiger partial charge in [-0.3, -0.25) is 0 Å². The van der Waals surface area contributed by atoms with E-state index in [2.05, 4.69) is 15.0 Å². The minimum absolute atomic E-state index is 0.161. The second-order valence-corrected chi connectivity index (χ2v) is 2.12. The summed E-state index contributed by atoms with van der Waals surface area (Å²) < 4.78 is 12.5. The summed E-state index contributed by atoms with van der Waals surface area (Å²) in [6, 6.07) is 1.70. The Balaban J connectivity index is 2.91. The van der Waals surface area contributed by atoms with Crippen LogP contribution in [0.25, 0.3) is 11.0 Å². The Morgan fingerprint density at radius 3 is 3.09 bits per heavy atom. The largest absolute Gasteiger partial charge is 0.383 e. The van der Waals surface area contributed by atoms with Crippen LogP contribution in [0, 0.1) is 6.08 Å². The van der Waals surface area contributed by atoms with Crippen molar-refractivity contribution in [1.29, 1.82) is 0 Å². The van der Waals surface area contributed by atoms with Crippen LogP contribution in [0.3, 0.4) is 0 Å². The van der Waals surface area contributed by atoms with Gasteiger partial charge < -0.3 is 10.7 Å². The van der Waals surface area contributed by atoms with Gasteiger partial charge in [0.15, 0.2) is 0 Å². The minimum atomic E-state index is -0.808. The van der Waals surface area contributed by atoms with Crippen LogP contribution in [0.4, 0.5) is 10.2 Å². The zero-order valence-electron chi connectivity index (χ0n) is 5.50. The average molecular weight is 152 g/mol. The molecular weight excluding hydrogens is 147 g/mol. The molecule has 0 saturated carbocycles. The first-order valence-corrected chi connectivity index (χ1v) is 3.03. The Bertz CT molecular complexity index is 394. The number of fused-ring (bicyclic) bond motifs is 1. The van der Waals surface area contributed by atoms with Crippen LogP contribution < -0.4 is 5.73 Å². The van der Waals surface area contributed by atoms with Crippen molar-refractivity contribution in [3.8, 4) is 0 Å². The van der Waals surface area contributed by atoms with E-state index in [1.807, 2.05) is 0 Å². The number of aromatic nitrogens is 3. The second-order valence-electron chi connectivity index (χ2n) is 2.12. The Morgan fingerprint density at radius 2 is 2.27 bits per heavy atom. The van der Waals surface area contributed by atoms with E-state index >= 15 is 0 Å². The summed E-state index contributed by atoms with van der Waals surface area (Å²) in [6.07, 6.45) is 0.826. The van der Waals surface area contributed by atoms with Gasteiger partial charge in [-0.05, 0) is 6.07 Å². The fourth-order valence-electron chi connectivity index (χ4n) is 0.937. The van der Waals surface area contributed by atoms with Crippen molar-refractivity contribution in [3.63, 3.8) is 0 Å². The van der Waals surface area contributed by atoms with Crippen LogP contribution >= 0.6 is 0 Å². The molecule has 2 heterocycles. The van der Waals surface area contributed by atoms with E-state index < -0.39 is 6.08 Å². The van der Waals surface area contributed by atoms with Crippen LogP contribution in [0.5, 0.6) is 0 Å². The van der Waals surface area contributed by atoms with Gasteiger partial charge in [0.2, 0.25) is 0 Å². The van der Waals surface area contributed by atoms with Crippen molar-refractivity contribution in [2.24, 2.45) is 0 Å². The number of anilines is 1. The molecule has 0 saturated heterocycles. The first-order chi connectivity index (χ1) is 5.27. The maximum atomic E-state index is 12.5. The highest BCUT2D eigenvalue weighted by Gasteiger charge is 2.03. The number of aromatic amines is 1. The van der Waals surface area contributed by atoms with Crippen LogP contribution in [-0.2, 0) is 0 Å². The average Bonchev–Trinajstić information content (AvgIpc) is 2.34. The lowest BCUT2D eigenvalue weighted by molar-refractivity contribution is 0.546. The van der Waals surface area contributed by atoms with Gasteiger partial charge in [0.1, 0.15) is 11.5 Å². The lowest BCUT2D eigenvalue weighted by atomic mass is 10.4. The number of nitrogen functional groups attached to an aromatic ring is 1. The van der Waals surface area contributed by atoms with Crippen molar-refractivity contribution in [2.75, 3.05) is 5.73 Å². The van der Waals surface area contributed by atoms with Gasteiger partial charge in [-0.15, -0.1) is 0 Å². The predicted molar refractivity (Wildman–Crippen MR) is 38.3 cm³/mol. The van der Waals surface area contributed by atoms with Gasteiger partial charge in [-0.25, -0.2) is 0 Å². The van der Waals surface area contributed by atoms with Crippen molar-refractivity contribution < 1.29 is 4.39 Å². The maximum Gasteiger partial charge on any atom is 0.312 e. The van der Waals surface area contributed by atoms with Crippen molar-refractivity contribution in [1.82, 2.24) is 15.0 Å². The van der Waals surface area contributed by atoms with Gasteiger partial charge in [0, 0.05) is 6.20 Å². The Labute approximate surface area is 61.3 Å². The Kier molecular flexibility index (Phi) is 1.06. The predicted octanol–water partition coefficient (Wildman–Crippen LogP) is 0.679. The lowest BCUT2D eigenvalue weighted by Crippen LogP contribution is -1.96. The summed E-state index contributed by atoms with van der Waals surface area (Å²) in [4.78, 5) is 9.57. The number of H-pyrrole nitrogens is 1. The van der Waals surface area contributed by atoms with Crippen molar-refractivity contribution >= 4 is 16.9 Å². The van der Waals surface area contributed by atoms with Crippen molar-refractivity contribution in [2.45, 2.75) is 0 Å². The highest BCUT2D eigenvalue weighted by Crippen LogP contribution is 2.14. The number of halogens is 1. The van der Waals surface area contributed by atoms with Gasteiger partial charge >= 0.3 is 6.08 Å². The number of nitrogens with two attached hydrogens (primary N) is 1. The second kappa shape index (κ2) is 1.91. The fraction of sp³-hybridized carbons (Fsp3) is 0. The van der Waals surface area contributed by atoms with E-state index in [4.69, 9.17) is 5.73 Å². The molecule has 0 unspecified atom stereocenters. The molecule has 2 aromatic heterocycles. The van der Waals surface area contributed by atoms with E-state index in [0.717, 1.165) is 0 Å². The third-order valence-electron chi connectivity index (χ3n) is 1.42. The topological polar surface area (TPSA) is 67.6 Å².